The van der Waals surface area contributed by atoms with E-state index in [1.54, 1.807) is 0 Å². The van der Waals surface area contributed by atoms with Crippen molar-refractivity contribution in [2.24, 2.45) is 0 Å². The number of hydrogen-bond donors (Lipinski definition) is 0. The first-order valence-corrected chi connectivity index (χ1v) is 3.50. The van der Waals surface area contributed by atoms with Crippen molar-refractivity contribution in [2.45, 2.75) is 6.18 Å². The minimum atomic E-state index is -4.51. The van der Waals surface area contributed by atoms with E-state index in [4.69, 9.17) is 0 Å². The zero-order valence-electron chi connectivity index (χ0n) is 5.15. The second-order valence-corrected chi connectivity index (χ2v) is 1.87. The first-order valence-electron chi connectivity index (χ1n) is 2.38. The van der Waals surface area contributed by atoms with Gasteiger partial charge in [-0.2, -0.15) is 13.2 Å². The third kappa shape index (κ3) is 7.44. The van der Waals surface area contributed by atoms with Gasteiger partial charge in [0.1, 0.15) is 5.52 Å². The summed E-state index contributed by atoms with van der Waals surface area (Å²) in [6.07, 6.45) is -5.86. The molecule has 0 aromatic carbocycles. The highest BCUT2D eigenvalue weighted by Crippen LogP contribution is 2.14. The second kappa shape index (κ2) is 4.42. The van der Waals surface area contributed by atoms with Crippen LogP contribution in [-0.2, 0) is 9.47 Å². The molecule has 0 atom stereocenters. The van der Waals surface area contributed by atoms with E-state index in [9.17, 15) is 18.0 Å². The Balaban J connectivity index is 3.46. The van der Waals surface area contributed by atoms with Crippen molar-refractivity contribution in [3.8, 4) is 0 Å². The van der Waals surface area contributed by atoms with Crippen molar-refractivity contribution >= 4 is 22.1 Å². The van der Waals surface area contributed by atoms with Crippen LogP contribution in [0.25, 0.3) is 0 Å². The average Bonchev–Trinajstić information content (AvgIpc) is 1.83. The van der Waals surface area contributed by atoms with E-state index in [1.165, 1.54) is 0 Å². The lowest BCUT2D eigenvalue weighted by Gasteiger charge is -2.06. The Labute approximate surface area is 68.6 Å². The predicted octanol–water partition coefficient (Wildman–Crippen LogP) is 2.05. The summed E-state index contributed by atoms with van der Waals surface area (Å²) in [6, 6.07) is 0. The van der Waals surface area contributed by atoms with Crippen LogP contribution in [0.15, 0.2) is 0 Å². The number of carbonyl (C=O) groups is 1. The largest absolute Gasteiger partial charge is 0.509 e. The summed E-state index contributed by atoms with van der Waals surface area (Å²) in [6.45, 7) is -1.63. The minimum absolute atomic E-state index is 0.191. The third-order valence-corrected chi connectivity index (χ3v) is 0.755. The Bertz CT molecular complexity index is 135. The van der Waals surface area contributed by atoms with Crippen LogP contribution in [0.3, 0.4) is 0 Å². The van der Waals surface area contributed by atoms with Crippen LogP contribution in [-0.4, -0.2) is 24.5 Å². The van der Waals surface area contributed by atoms with Crippen LogP contribution in [0.5, 0.6) is 0 Å². The van der Waals surface area contributed by atoms with Crippen LogP contribution in [0.4, 0.5) is 18.0 Å². The zero-order valence-corrected chi connectivity index (χ0v) is 6.74. The molecule has 0 heterocycles. The summed E-state index contributed by atoms with van der Waals surface area (Å²) < 4.78 is 41.6. The Hall–Kier alpha value is -0.460. The molecule has 0 bridgehead atoms. The molecule has 11 heavy (non-hydrogen) atoms. The summed E-state index contributed by atoms with van der Waals surface area (Å²) in [5.74, 6) is 0. The van der Waals surface area contributed by atoms with E-state index >= 15 is 0 Å². The van der Waals surface area contributed by atoms with Gasteiger partial charge in [-0.1, -0.05) is 0 Å². The Kier molecular flexibility index (Phi) is 4.24. The highest BCUT2D eigenvalue weighted by molar-refractivity contribution is 9.09. The summed E-state index contributed by atoms with van der Waals surface area (Å²) in [5, 5.41) is 0. The minimum Gasteiger partial charge on any atom is -0.425 e. The first kappa shape index (κ1) is 10.5. The molecule has 7 heteroatoms. The number of ether oxygens (including phenoxy) is 2. The molecule has 0 spiro atoms. The van der Waals surface area contributed by atoms with Crippen molar-refractivity contribution in [1.29, 1.82) is 0 Å². The molecule has 0 amide bonds. The fourth-order valence-corrected chi connectivity index (χ4v) is 0.414. The molecule has 0 aromatic rings. The summed E-state index contributed by atoms with van der Waals surface area (Å²) in [5.41, 5.74) is -0.191. The van der Waals surface area contributed by atoms with Gasteiger partial charge < -0.3 is 9.47 Å². The Morgan fingerprint density at radius 3 is 2.27 bits per heavy atom. The van der Waals surface area contributed by atoms with Gasteiger partial charge in [-0.3, -0.25) is 0 Å². The van der Waals surface area contributed by atoms with E-state index in [0.717, 1.165) is 0 Å². The maximum Gasteiger partial charge on any atom is 0.509 e. The smallest absolute Gasteiger partial charge is 0.425 e. The van der Waals surface area contributed by atoms with Crippen LogP contribution < -0.4 is 0 Å². The van der Waals surface area contributed by atoms with Gasteiger partial charge in [-0.15, -0.1) is 0 Å². The zero-order chi connectivity index (χ0) is 8.91. The molecular formula is C4H4BrF3O3. The molecule has 66 valence electrons. The van der Waals surface area contributed by atoms with Crippen LogP contribution in [0.1, 0.15) is 0 Å². The van der Waals surface area contributed by atoms with Crippen molar-refractivity contribution in [2.75, 3.05) is 12.1 Å². The number of halogens is 4. The van der Waals surface area contributed by atoms with Crippen molar-refractivity contribution < 1.29 is 27.4 Å². The van der Waals surface area contributed by atoms with Crippen molar-refractivity contribution in [3.05, 3.63) is 0 Å². The lowest BCUT2D eigenvalue weighted by molar-refractivity contribution is -0.164. The Morgan fingerprint density at radius 1 is 1.36 bits per heavy atom. The number of rotatable bonds is 2. The molecule has 3 nitrogen and oxygen atoms in total. The van der Waals surface area contributed by atoms with Gasteiger partial charge in [0.05, 0.1) is 0 Å². The van der Waals surface area contributed by atoms with E-state index < -0.39 is 18.9 Å². The molecule has 0 fully saturated rings. The van der Waals surface area contributed by atoms with E-state index in [-0.39, 0.29) is 5.52 Å². The molecule has 0 aliphatic rings. The third-order valence-electron chi connectivity index (χ3n) is 0.526. The van der Waals surface area contributed by atoms with Gasteiger partial charge >= 0.3 is 12.3 Å². The number of alkyl halides is 4. The van der Waals surface area contributed by atoms with Gasteiger partial charge in [-0.05, 0) is 15.9 Å². The number of hydrogen-bond acceptors (Lipinski definition) is 3. The average molecular weight is 237 g/mol. The lowest BCUT2D eigenvalue weighted by Crippen LogP contribution is -2.20. The molecule has 0 aromatic heterocycles. The van der Waals surface area contributed by atoms with Gasteiger partial charge in [0.25, 0.3) is 0 Å². The maximum atomic E-state index is 11.3. The van der Waals surface area contributed by atoms with Gasteiger partial charge in [-0.25, -0.2) is 4.79 Å². The first-order chi connectivity index (χ1) is 4.95. The Morgan fingerprint density at radius 2 is 1.91 bits per heavy atom. The van der Waals surface area contributed by atoms with Gasteiger partial charge in [0.2, 0.25) is 0 Å². The summed E-state index contributed by atoms with van der Waals surface area (Å²) in [4.78, 5) is 10.1. The molecule has 0 unspecified atom stereocenters. The second-order valence-electron chi connectivity index (χ2n) is 1.41. The molecule has 0 radical (unpaired) electrons. The van der Waals surface area contributed by atoms with Gasteiger partial charge in [0, 0.05) is 0 Å². The normalized spacial score (nSPS) is 10.9. The SMILES string of the molecule is O=C(OCBr)OCC(F)(F)F. The topological polar surface area (TPSA) is 35.5 Å². The molecule has 0 aliphatic heterocycles. The van der Waals surface area contributed by atoms with Crippen molar-refractivity contribution in [3.63, 3.8) is 0 Å². The van der Waals surface area contributed by atoms with Crippen LogP contribution in [0.2, 0.25) is 0 Å². The predicted molar refractivity (Wildman–Crippen MR) is 32.3 cm³/mol. The molecule has 0 rings (SSSR count). The van der Waals surface area contributed by atoms with Gasteiger partial charge in [0.15, 0.2) is 6.61 Å². The molecule has 0 saturated heterocycles. The molecule has 0 saturated carbocycles. The van der Waals surface area contributed by atoms with E-state index in [2.05, 4.69) is 25.4 Å². The van der Waals surface area contributed by atoms with Crippen LogP contribution >= 0.6 is 15.9 Å². The molecule has 0 N–H and O–H groups in total. The summed E-state index contributed by atoms with van der Waals surface area (Å²) >= 11 is 2.67. The fourth-order valence-electron chi connectivity index (χ4n) is 0.227. The number of carbonyl (C=O) groups excluding carboxylic acids is 1. The standard InChI is InChI=1S/C4H4BrF3O3/c5-2-11-3(9)10-1-4(6,7)8/h1-2H2. The quantitative estimate of drug-likeness (QED) is 0.544. The highest BCUT2D eigenvalue weighted by Gasteiger charge is 2.29. The molecular weight excluding hydrogens is 233 g/mol. The lowest BCUT2D eigenvalue weighted by atomic mass is 10.7. The fraction of sp³-hybridized carbons (Fsp3) is 0.750. The summed E-state index contributed by atoms with van der Waals surface area (Å²) in [7, 11) is 0. The van der Waals surface area contributed by atoms with Crippen LogP contribution in [0, 0.1) is 0 Å². The van der Waals surface area contributed by atoms with Crippen molar-refractivity contribution in [1.82, 2.24) is 0 Å². The molecule has 0 aliphatic carbocycles. The van der Waals surface area contributed by atoms with E-state index in [0.29, 0.717) is 0 Å². The van der Waals surface area contributed by atoms with E-state index in [1.807, 2.05) is 0 Å². The maximum absolute atomic E-state index is 11.3. The highest BCUT2D eigenvalue weighted by atomic mass is 79.9. The monoisotopic (exact) mass is 236 g/mol.